The van der Waals surface area contributed by atoms with Gasteiger partial charge in [0.15, 0.2) is 5.60 Å². The fraction of sp³-hybridized carbons (Fsp3) is 0.500. The molecule has 0 aromatic heterocycles. The number of hydrogen-bond acceptors (Lipinski definition) is 2. The van der Waals surface area contributed by atoms with Gasteiger partial charge in [0.1, 0.15) is 6.10 Å². The molecule has 12 heavy (non-hydrogen) atoms. The minimum absolute atomic E-state index is 0.0764. The Hall–Kier alpha value is -0.890. The Morgan fingerprint density at radius 2 is 2.58 bits per heavy atom. The predicted molar refractivity (Wildman–Crippen MR) is 47.4 cm³/mol. The fourth-order valence-electron chi connectivity index (χ4n) is 2.28. The summed E-state index contributed by atoms with van der Waals surface area (Å²) in [4.78, 5) is 4.47. The van der Waals surface area contributed by atoms with Gasteiger partial charge in [0.2, 0.25) is 0 Å². The molecular formula is C10H11NO. The molecule has 2 aliphatic heterocycles. The number of epoxide rings is 1. The van der Waals surface area contributed by atoms with Crippen LogP contribution in [0.2, 0.25) is 0 Å². The second-order valence-electron chi connectivity index (χ2n) is 3.48. The lowest BCUT2D eigenvalue weighted by Gasteiger charge is -2.12. The number of allylic oxidation sites excluding steroid dienone is 1. The molecule has 2 nitrogen and oxygen atoms in total. The minimum atomic E-state index is -0.0764. The molecule has 1 unspecified atom stereocenters. The van der Waals surface area contributed by atoms with Crippen molar-refractivity contribution in [1.82, 2.24) is 0 Å². The van der Waals surface area contributed by atoms with Gasteiger partial charge in [-0.05, 0) is 25.0 Å². The molecule has 0 aromatic rings. The van der Waals surface area contributed by atoms with Crippen LogP contribution in [0.25, 0.3) is 0 Å². The van der Waals surface area contributed by atoms with E-state index in [0.29, 0.717) is 6.10 Å². The molecule has 0 bridgehead atoms. The molecule has 2 heterocycles. The molecule has 0 radical (unpaired) electrons. The van der Waals surface area contributed by atoms with Gasteiger partial charge in [-0.2, -0.15) is 0 Å². The molecule has 62 valence electrons. The maximum Gasteiger partial charge on any atom is 0.161 e. The van der Waals surface area contributed by atoms with Crippen molar-refractivity contribution in [1.29, 1.82) is 0 Å². The number of ether oxygens (including phenoxy) is 1. The van der Waals surface area contributed by atoms with Gasteiger partial charge in [0.05, 0.1) is 5.71 Å². The summed E-state index contributed by atoms with van der Waals surface area (Å²) < 4.78 is 5.73. The van der Waals surface area contributed by atoms with Gasteiger partial charge >= 0.3 is 0 Å². The van der Waals surface area contributed by atoms with Crippen LogP contribution in [0.3, 0.4) is 0 Å². The molecule has 0 amide bonds. The molecule has 1 aliphatic carbocycles. The van der Waals surface area contributed by atoms with E-state index < -0.39 is 0 Å². The Morgan fingerprint density at radius 1 is 1.67 bits per heavy atom. The van der Waals surface area contributed by atoms with Crippen molar-refractivity contribution in [2.24, 2.45) is 4.99 Å². The zero-order valence-electron chi connectivity index (χ0n) is 7.08. The third-order valence-corrected chi connectivity index (χ3v) is 2.94. The molecule has 0 aromatic carbocycles. The van der Waals surface area contributed by atoms with Crippen molar-refractivity contribution in [3.63, 3.8) is 0 Å². The summed E-state index contributed by atoms with van der Waals surface area (Å²) in [5.74, 6) is 0. The molecule has 1 fully saturated rings. The third kappa shape index (κ3) is 0.547. The van der Waals surface area contributed by atoms with Gasteiger partial charge in [-0.25, -0.2) is 0 Å². The molecule has 1 spiro atoms. The molecule has 2 atom stereocenters. The smallest absolute Gasteiger partial charge is 0.161 e. The number of nitrogens with zero attached hydrogens (tertiary/aromatic N) is 1. The maximum absolute atomic E-state index is 5.73. The topological polar surface area (TPSA) is 24.9 Å². The zero-order valence-corrected chi connectivity index (χ0v) is 7.08. The first kappa shape index (κ1) is 6.61. The first-order valence-electron chi connectivity index (χ1n) is 4.45. The van der Waals surface area contributed by atoms with Crippen LogP contribution in [0.15, 0.2) is 28.8 Å². The van der Waals surface area contributed by atoms with Crippen molar-refractivity contribution < 1.29 is 4.74 Å². The van der Waals surface area contributed by atoms with Crippen molar-refractivity contribution in [3.05, 3.63) is 23.8 Å². The lowest BCUT2D eigenvalue weighted by Crippen LogP contribution is -2.27. The van der Waals surface area contributed by atoms with E-state index in [4.69, 9.17) is 4.74 Å². The van der Waals surface area contributed by atoms with Crippen LogP contribution in [-0.2, 0) is 4.74 Å². The SMILES string of the molecule is C/C=C1\C=CC2=NCCC3O[C@]213. The van der Waals surface area contributed by atoms with E-state index in [1.165, 1.54) is 5.57 Å². The van der Waals surface area contributed by atoms with E-state index in [9.17, 15) is 0 Å². The Morgan fingerprint density at radius 3 is 3.42 bits per heavy atom. The first-order chi connectivity index (χ1) is 5.88. The Balaban J connectivity index is 2.14. The average molecular weight is 161 g/mol. The maximum atomic E-state index is 5.73. The fourth-order valence-corrected chi connectivity index (χ4v) is 2.28. The van der Waals surface area contributed by atoms with Crippen molar-refractivity contribution in [2.75, 3.05) is 6.54 Å². The minimum Gasteiger partial charge on any atom is -0.354 e. The van der Waals surface area contributed by atoms with Crippen LogP contribution < -0.4 is 0 Å². The second kappa shape index (κ2) is 1.88. The number of aliphatic imine (C=N–C) groups is 1. The summed E-state index contributed by atoms with van der Waals surface area (Å²) in [5, 5.41) is 0. The van der Waals surface area contributed by atoms with Crippen LogP contribution in [0.1, 0.15) is 13.3 Å². The number of rotatable bonds is 0. The molecule has 3 rings (SSSR count). The second-order valence-corrected chi connectivity index (χ2v) is 3.48. The average Bonchev–Trinajstić information content (AvgIpc) is 2.72. The van der Waals surface area contributed by atoms with E-state index in [1.807, 2.05) is 0 Å². The molecule has 0 N–H and O–H groups in total. The number of hydrogen-bond donors (Lipinski definition) is 0. The van der Waals surface area contributed by atoms with E-state index >= 15 is 0 Å². The summed E-state index contributed by atoms with van der Waals surface area (Å²) in [6.07, 6.45) is 7.86. The molecule has 2 heteroatoms. The van der Waals surface area contributed by atoms with Gasteiger partial charge in [-0.3, -0.25) is 4.99 Å². The normalized spacial score (nSPS) is 45.6. The van der Waals surface area contributed by atoms with Gasteiger partial charge in [-0.15, -0.1) is 0 Å². The summed E-state index contributed by atoms with van der Waals surface area (Å²) in [6.45, 7) is 2.99. The monoisotopic (exact) mass is 161 g/mol. The lowest BCUT2D eigenvalue weighted by molar-refractivity contribution is 0.364. The van der Waals surface area contributed by atoms with Crippen molar-refractivity contribution in [2.45, 2.75) is 25.0 Å². The van der Waals surface area contributed by atoms with E-state index in [0.717, 1.165) is 18.7 Å². The van der Waals surface area contributed by atoms with Crippen molar-refractivity contribution >= 4 is 5.71 Å². The third-order valence-electron chi connectivity index (χ3n) is 2.94. The largest absolute Gasteiger partial charge is 0.354 e. The predicted octanol–water partition coefficient (Wildman–Crippen LogP) is 1.48. The van der Waals surface area contributed by atoms with Gasteiger partial charge < -0.3 is 4.74 Å². The van der Waals surface area contributed by atoms with Gasteiger partial charge in [-0.1, -0.05) is 12.2 Å². The molecule has 0 saturated carbocycles. The summed E-state index contributed by atoms with van der Waals surface area (Å²) in [7, 11) is 0. The standard InChI is InChI=1S/C10H11NO/c1-2-7-3-4-8-10(7)9(12-10)5-6-11-8/h2-4,9H,5-6H2,1H3/b7-2+/t9?,10-/m0/s1. The van der Waals surface area contributed by atoms with Crippen molar-refractivity contribution in [3.8, 4) is 0 Å². The van der Waals surface area contributed by atoms with E-state index in [1.54, 1.807) is 0 Å². The molecule has 1 saturated heterocycles. The van der Waals surface area contributed by atoms with Gasteiger partial charge in [0, 0.05) is 6.54 Å². The first-order valence-corrected chi connectivity index (χ1v) is 4.45. The summed E-state index contributed by atoms with van der Waals surface area (Å²) in [6, 6.07) is 0. The Kier molecular flexibility index (Phi) is 1.04. The molecule has 3 aliphatic rings. The Bertz CT molecular complexity index is 327. The van der Waals surface area contributed by atoms with Crippen LogP contribution >= 0.6 is 0 Å². The quantitative estimate of drug-likeness (QED) is 0.494. The highest BCUT2D eigenvalue weighted by Gasteiger charge is 2.63. The van der Waals surface area contributed by atoms with Crippen LogP contribution in [0.5, 0.6) is 0 Å². The molecular weight excluding hydrogens is 150 g/mol. The van der Waals surface area contributed by atoms with E-state index in [-0.39, 0.29) is 5.60 Å². The highest BCUT2D eigenvalue weighted by molar-refractivity contribution is 6.11. The highest BCUT2D eigenvalue weighted by Crippen LogP contribution is 2.51. The lowest BCUT2D eigenvalue weighted by atomic mass is 9.92. The Labute approximate surface area is 71.6 Å². The highest BCUT2D eigenvalue weighted by atomic mass is 16.6. The zero-order chi connectivity index (χ0) is 8.18. The van der Waals surface area contributed by atoms with E-state index in [2.05, 4.69) is 30.1 Å². The van der Waals surface area contributed by atoms with Crippen LogP contribution in [-0.4, -0.2) is 24.0 Å². The summed E-state index contributed by atoms with van der Waals surface area (Å²) in [5.41, 5.74) is 2.37. The van der Waals surface area contributed by atoms with Gasteiger partial charge in [0.25, 0.3) is 0 Å². The van der Waals surface area contributed by atoms with Crippen LogP contribution in [0.4, 0.5) is 0 Å². The van der Waals surface area contributed by atoms with Crippen LogP contribution in [0, 0.1) is 0 Å². The summed E-state index contributed by atoms with van der Waals surface area (Å²) >= 11 is 0.